The number of carbonyl (C=O) groups excluding carboxylic acids is 4. The molecule has 8 rings (SSSR count). The van der Waals surface area contributed by atoms with Crippen molar-refractivity contribution in [1.82, 2.24) is 15.5 Å². The molecule has 0 bridgehead atoms. The summed E-state index contributed by atoms with van der Waals surface area (Å²) in [5, 5.41) is 17.6. The third-order valence-electron chi connectivity index (χ3n) is 13.2. The Labute approximate surface area is 335 Å². The van der Waals surface area contributed by atoms with Crippen molar-refractivity contribution in [3.05, 3.63) is 77.9 Å². The van der Waals surface area contributed by atoms with Crippen LogP contribution in [-0.4, -0.2) is 113 Å². The summed E-state index contributed by atoms with van der Waals surface area (Å²) in [7, 11) is -0.913. The van der Waals surface area contributed by atoms with Crippen molar-refractivity contribution in [2.75, 3.05) is 74.2 Å². The number of aliphatic hydroxyl groups excluding tert-OH is 1. The van der Waals surface area contributed by atoms with Gasteiger partial charge in [-0.15, -0.1) is 0 Å². The van der Waals surface area contributed by atoms with Crippen molar-refractivity contribution in [2.24, 2.45) is 5.92 Å². The standard InChI is InChI=1S/C43H54N6O7Si/c1-28-41(57(3,4)34-13-11-33(55-2)12-14-34)37(23-38(51)46-18-6-9-32(46)27-50)56-43(28)35-22-31(48-20-17-45-25-40(48)53)10-15-36(35)49(42(43)54)26-29-7-5-8-30(21-29)47-19-16-44-24-39(47)52/h5,7-8,10-15,21-22,28,32,37,41,44-45,50H,6,9,16-20,23-27H2,1-4H3/t28-,32-,37+,41-,43+/m0/s1. The molecule has 302 valence electrons. The highest BCUT2D eigenvalue weighted by Crippen LogP contribution is 2.60. The van der Waals surface area contributed by atoms with E-state index in [1.165, 1.54) is 0 Å². The van der Waals surface area contributed by atoms with Gasteiger partial charge in [-0.1, -0.05) is 49.5 Å². The molecule has 57 heavy (non-hydrogen) atoms. The first kappa shape index (κ1) is 39.2. The van der Waals surface area contributed by atoms with E-state index < -0.39 is 19.8 Å². The second kappa shape index (κ2) is 15.6. The highest BCUT2D eigenvalue weighted by Gasteiger charge is 2.66. The highest BCUT2D eigenvalue weighted by atomic mass is 28.3. The molecule has 4 amide bonds. The number of likely N-dealkylation sites (tertiary alicyclic amines) is 1. The molecule has 13 nitrogen and oxygen atoms in total. The molecule has 0 saturated carbocycles. The van der Waals surface area contributed by atoms with Crippen molar-refractivity contribution >= 4 is 54.0 Å². The summed E-state index contributed by atoms with van der Waals surface area (Å²) in [5.41, 5.74) is 2.14. The van der Waals surface area contributed by atoms with Crippen LogP contribution in [0.3, 0.4) is 0 Å². The van der Waals surface area contributed by atoms with Crippen LogP contribution in [0.2, 0.25) is 18.6 Å². The molecule has 1 spiro atoms. The molecule has 0 unspecified atom stereocenters. The second-order valence-corrected chi connectivity index (χ2v) is 21.3. The Kier molecular flexibility index (Phi) is 10.8. The summed E-state index contributed by atoms with van der Waals surface area (Å²) in [6, 6.07) is 21.5. The third-order valence-corrected chi connectivity index (χ3v) is 17.5. The minimum Gasteiger partial charge on any atom is -0.497 e. The molecule has 5 heterocycles. The fraction of sp³-hybridized carbons (Fsp3) is 0.488. The number of methoxy groups -OCH3 is 1. The van der Waals surface area contributed by atoms with E-state index in [4.69, 9.17) is 9.47 Å². The monoisotopic (exact) mass is 794 g/mol. The van der Waals surface area contributed by atoms with E-state index in [2.05, 4.69) is 42.8 Å². The van der Waals surface area contributed by atoms with E-state index in [-0.39, 0.29) is 73.8 Å². The number of aliphatic hydroxyl groups is 1. The van der Waals surface area contributed by atoms with Crippen molar-refractivity contribution in [3.8, 4) is 5.75 Å². The van der Waals surface area contributed by atoms with Gasteiger partial charge in [0.05, 0.1) is 65.7 Å². The predicted molar refractivity (Wildman–Crippen MR) is 221 cm³/mol. The quantitative estimate of drug-likeness (QED) is 0.264. The molecule has 5 aliphatic heterocycles. The number of hydrogen-bond donors (Lipinski definition) is 3. The van der Waals surface area contributed by atoms with Crippen LogP contribution in [0.15, 0.2) is 66.7 Å². The van der Waals surface area contributed by atoms with Crippen LogP contribution in [0, 0.1) is 5.92 Å². The second-order valence-electron chi connectivity index (χ2n) is 16.6. The van der Waals surface area contributed by atoms with Gasteiger partial charge in [-0.25, -0.2) is 0 Å². The van der Waals surface area contributed by atoms with Crippen LogP contribution >= 0.6 is 0 Å². The Hall–Kier alpha value is -4.60. The van der Waals surface area contributed by atoms with E-state index in [1.54, 1.807) is 26.7 Å². The smallest absolute Gasteiger partial charge is 0.264 e. The fourth-order valence-electron chi connectivity index (χ4n) is 10.2. The molecule has 5 atom stereocenters. The molecular weight excluding hydrogens is 741 g/mol. The number of nitrogens with zero attached hydrogens (tertiary/aromatic N) is 4. The lowest BCUT2D eigenvalue weighted by Gasteiger charge is -2.37. The number of rotatable bonds is 10. The van der Waals surface area contributed by atoms with Gasteiger partial charge >= 0.3 is 0 Å². The van der Waals surface area contributed by atoms with Gasteiger partial charge in [0.15, 0.2) is 5.60 Å². The molecule has 0 aliphatic carbocycles. The molecule has 3 aromatic rings. The number of carbonyl (C=O) groups is 4. The van der Waals surface area contributed by atoms with E-state index in [0.717, 1.165) is 35.0 Å². The number of hydrogen-bond acceptors (Lipinski definition) is 9. The first-order chi connectivity index (χ1) is 27.5. The molecule has 3 aromatic carbocycles. The number of nitrogens with one attached hydrogen (secondary N) is 2. The topological polar surface area (TPSA) is 144 Å². The highest BCUT2D eigenvalue weighted by molar-refractivity contribution is 6.91. The van der Waals surface area contributed by atoms with Crippen LogP contribution in [0.25, 0.3) is 0 Å². The number of piperazine rings is 2. The summed E-state index contributed by atoms with van der Waals surface area (Å²) in [6.45, 7) is 10.3. The average molecular weight is 795 g/mol. The molecule has 14 heteroatoms. The Balaban J connectivity index is 1.23. The Bertz CT molecular complexity index is 2050. The maximum atomic E-state index is 15.6. The Morgan fingerprint density at radius 2 is 1.61 bits per heavy atom. The van der Waals surface area contributed by atoms with Crippen LogP contribution < -0.4 is 35.3 Å². The van der Waals surface area contributed by atoms with E-state index >= 15 is 4.79 Å². The van der Waals surface area contributed by atoms with Crippen molar-refractivity contribution < 1.29 is 33.8 Å². The van der Waals surface area contributed by atoms with Crippen LogP contribution in [0.1, 0.15) is 37.3 Å². The normalized spacial score (nSPS) is 26.5. The summed E-state index contributed by atoms with van der Waals surface area (Å²) in [5.74, 6) is 0.0644. The molecule has 4 saturated heterocycles. The molecular formula is C43H54N6O7Si. The summed E-state index contributed by atoms with van der Waals surface area (Å²) < 4.78 is 12.8. The molecule has 0 radical (unpaired) electrons. The largest absolute Gasteiger partial charge is 0.497 e. The Morgan fingerprint density at radius 1 is 0.930 bits per heavy atom. The minimum atomic E-state index is -2.56. The van der Waals surface area contributed by atoms with Gasteiger partial charge in [0.2, 0.25) is 17.7 Å². The number of ether oxygens (including phenoxy) is 2. The Morgan fingerprint density at radius 3 is 2.26 bits per heavy atom. The van der Waals surface area contributed by atoms with E-state index in [1.807, 2.05) is 54.6 Å². The first-order valence-electron chi connectivity index (χ1n) is 20.3. The van der Waals surface area contributed by atoms with Gasteiger partial charge in [0.25, 0.3) is 5.91 Å². The van der Waals surface area contributed by atoms with Gasteiger partial charge in [-0.05, 0) is 66.4 Å². The van der Waals surface area contributed by atoms with Gasteiger partial charge in [-0.3, -0.25) is 19.2 Å². The number of anilines is 3. The number of fused-ring (bicyclic) bond motifs is 2. The maximum Gasteiger partial charge on any atom is 0.264 e. The van der Waals surface area contributed by atoms with E-state index in [9.17, 15) is 19.5 Å². The molecule has 5 aliphatic rings. The van der Waals surface area contributed by atoms with Crippen molar-refractivity contribution in [2.45, 2.75) is 69.1 Å². The molecule has 0 aromatic heterocycles. The maximum absolute atomic E-state index is 15.6. The number of benzene rings is 3. The minimum absolute atomic E-state index is 0.00220. The summed E-state index contributed by atoms with van der Waals surface area (Å²) in [6.07, 6.45) is 1.07. The van der Waals surface area contributed by atoms with Crippen molar-refractivity contribution in [1.29, 1.82) is 0 Å². The number of amides is 4. The van der Waals surface area contributed by atoms with Crippen LogP contribution in [0.4, 0.5) is 17.1 Å². The van der Waals surface area contributed by atoms with Gasteiger partial charge in [0, 0.05) is 55.6 Å². The van der Waals surface area contributed by atoms with Crippen LogP contribution in [-0.2, 0) is 36.1 Å². The predicted octanol–water partition coefficient (Wildman–Crippen LogP) is 2.70. The van der Waals surface area contributed by atoms with Gasteiger partial charge in [-0.2, -0.15) is 0 Å². The molecule has 4 fully saturated rings. The van der Waals surface area contributed by atoms with Crippen molar-refractivity contribution in [3.63, 3.8) is 0 Å². The van der Waals surface area contributed by atoms with Gasteiger partial charge in [0.1, 0.15) is 5.75 Å². The summed E-state index contributed by atoms with van der Waals surface area (Å²) in [4.78, 5) is 63.0. The molecule has 3 N–H and O–H groups in total. The SMILES string of the molecule is COc1ccc([Si](C)(C)[C@@H]2[C@@H](CC(=O)N3CCC[C@H]3CO)O[C@]3(C(=O)N(Cc4cccc(N5CCNCC5=O)c4)c4ccc(N5CCNCC5=O)cc43)[C@H]2C)cc1. The zero-order valence-electron chi connectivity index (χ0n) is 33.3. The van der Waals surface area contributed by atoms with Gasteiger partial charge < -0.3 is 44.8 Å². The lowest BCUT2D eigenvalue weighted by atomic mass is 9.82. The lowest BCUT2D eigenvalue weighted by molar-refractivity contribution is -0.150. The zero-order valence-corrected chi connectivity index (χ0v) is 34.3. The van der Waals surface area contributed by atoms with E-state index in [0.29, 0.717) is 49.7 Å². The van der Waals surface area contributed by atoms with Crippen LogP contribution in [0.5, 0.6) is 5.75 Å². The average Bonchev–Trinajstić information content (AvgIpc) is 3.88. The summed E-state index contributed by atoms with van der Waals surface area (Å²) >= 11 is 0. The zero-order chi connectivity index (χ0) is 40.1. The first-order valence-corrected chi connectivity index (χ1v) is 23.4. The fourth-order valence-corrected chi connectivity index (χ4v) is 14.2. The lowest BCUT2D eigenvalue weighted by Crippen LogP contribution is -2.52. The third kappa shape index (κ3) is 6.84.